The second kappa shape index (κ2) is 8.35. The van der Waals surface area contributed by atoms with Crippen molar-refractivity contribution in [3.8, 4) is 0 Å². The molecule has 1 atom stereocenters. The summed E-state index contributed by atoms with van der Waals surface area (Å²) in [5, 5.41) is 8.98. The molecule has 2 amide bonds. The highest BCUT2D eigenvalue weighted by molar-refractivity contribution is 5.90. The number of aromatic amines is 1. The van der Waals surface area contributed by atoms with Crippen LogP contribution in [0.2, 0.25) is 0 Å². The van der Waals surface area contributed by atoms with Gasteiger partial charge in [0.1, 0.15) is 12.9 Å². The number of carbonyl (C=O) groups is 2. The van der Waals surface area contributed by atoms with Gasteiger partial charge in [-0.3, -0.25) is 14.7 Å². The lowest BCUT2D eigenvalue weighted by atomic mass is 9.95. The van der Waals surface area contributed by atoms with Crippen LogP contribution in [0.4, 0.5) is 0 Å². The van der Waals surface area contributed by atoms with E-state index in [2.05, 4.69) is 25.4 Å². The Morgan fingerprint density at radius 3 is 2.70 bits per heavy atom. The maximum Gasteiger partial charge on any atom is 0.288 e. The summed E-state index contributed by atoms with van der Waals surface area (Å²) in [7, 11) is 0. The van der Waals surface area contributed by atoms with Gasteiger partial charge in [0.15, 0.2) is 0 Å². The van der Waals surface area contributed by atoms with Crippen molar-refractivity contribution in [3.05, 3.63) is 12.2 Å². The third kappa shape index (κ3) is 5.04. The van der Waals surface area contributed by atoms with Crippen LogP contribution in [0.5, 0.6) is 0 Å². The summed E-state index contributed by atoms with van der Waals surface area (Å²) in [6, 6.07) is 0. The first kappa shape index (κ1) is 18.4. The van der Waals surface area contributed by atoms with Gasteiger partial charge < -0.3 is 19.9 Å². The van der Waals surface area contributed by atoms with E-state index in [9.17, 15) is 9.59 Å². The molecule has 9 heteroatoms. The van der Waals surface area contributed by atoms with Crippen LogP contribution >= 0.6 is 0 Å². The number of morpholine rings is 1. The molecule has 0 bridgehead atoms. The fourth-order valence-electron chi connectivity index (χ4n) is 3.91. The minimum absolute atomic E-state index is 0.0493. The molecule has 9 nitrogen and oxygen atoms in total. The number of carbonyl (C=O) groups excluding carboxylic acids is 2. The summed E-state index contributed by atoms with van der Waals surface area (Å²) in [6.45, 7) is 5.32. The Morgan fingerprint density at radius 1 is 1.22 bits per heavy atom. The van der Waals surface area contributed by atoms with E-state index in [1.54, 1.807) is 0 Å². The summed E-state index contributed by atoms with van der Waals surface area (Å²) in [5.41, 5.74) is 0. The smallest absolute Gasteiger partial charge is 0.288 e. The highest BCUT2D eigenvalue weighted by Crippen LogP contribution is 2.31. The zero-order chi connectivity index (χ0) is 18.6. The molecule has 148 valence electrons. The number of nitrogens with zero attached hydrogens (tertiary/aromatic N) is 4. The van der Waals surface area contributed by atoms with Crippen molar-refractivity contribution in [1.29, 1.82) is 0 Å². The first-order valence-electron chi connectivity index (χ1n) is 9.92. The standard InChI is InChI=1S/C18H28N6O3/c25-16-11-27-15(7-19-18(26)17-20-12-21-22-17)10-24(16)9-14-3-5-23(6-4-14)8-13-1-2-13/h12-15H,1-11H2,(H,19,26)(H,20,21,22)/t15-/m1/s1. The SMILES string of the molecule is O=C(NC[C@@H]1CN(CC2CCN(CC3CC3)CC2)C(=O)CO1)c1ncn[nH]1. The van der Waals surface area contributed by atoms with Crippen molar-refractivity contribution >= 4 is 11.8 Å². The van der Waals surface area contributed by atoms with Gasteiger partial charge in [0.2, 0.25) is 11.7 Å². The van der Waals surface area contributed by atoms with E-state index in [0.717, 1.165) is 38.4 Å². The highest BCUT2D eigenvalue weighted by Gasteiger charge is 2.31. The first-order chi connectivity index (χ1) is 13.2. The average Bonchev–Trinajstić information content (AvgIpc) is 3.31. The molecule has 2 saturated heterocycles. The zero-order valence-electron chi connectivity index (χ0n) is 15.6. The van der Waals surface area contributed by atoms with Gasteiger partial charge in [0.25, 0.3) is 5.91 Å². The lowest BCUT2D eigenvalue weighted by molar-refractivity contribution is -0.149. The lowest BCUT2D eigenvalue weighted by Gasteiger charge is -2.38. The molecule has 1 aromatic heterocycles. The Hall–Kier alpha value is -2.00. The molecule has 0 radical (unpaired) electrons. The maximum atomic E-state index is 12.2. The van der Waals surface area contributed by atoms with Crippen LogP contribution in [-0.2, 0) is 9.53 Å². The molecule has 2 aliphatic heterocycles. The zero-order valence-corrected chi connectivity index (χ0v) is 15.6. The minimum atomic E-state index is -0.317. The monoisotopic (exact) mass is 376 g/mol. The van der Waals surface area contributed by atoms with E-state index in [1.807, 2.05) is 4.90 Å². The van der Waals surface area contributed by atoms with Crippen LogP contribution in [-0.4, -0.2) is 88.8 Å². The molecule has 3 heterocycles. The number of hydrogen-bond acceptors (Lipinski definition) is 6. The molecule has 0 spiro atoms. The summed E-state index contributed by atoms with van der Waals surface area (Å²) in [4.78, 5) is 32.5. The number of aromatic nitrogens is 3. The molecule has 1 saturated carbocycles. The summed E-state index contributed by atoms with van der Waals surface area (Å²) < 4.78 is 5.58. The molecular formula is C18H28N6O3. The largest absolute Gasteiger partial charge is 0.365 e. The third-order valence-electron chi connectivity index (χ3n) is 5.74. The number of rotatable bonds is 7. The Morgan fingerprint density at radius 2 is 2.00 bits per heavy atom. The van der Waals surface area contributed by atoms with E-state index < -0.39 is 0 Å². The number of hydrogen-bond donors (Lipinski definition) is 2. The van der Waals surface area contributed by atoms with E-state index in [4.69, 9.17) is 4.74 Å². The van der Waals surface area contributed by atoms with Crippen LogP contribution in [0, 0.1) is 11.8 Å². The van der Waals surface area contributed by atoms with E-state index in [-0.39, 0.29) is 30.3 Å². The second-order valence-electron chi connectivity index (χ2n) is 7.96. The Labute approximate surface area is 158 Å². The minimum Gasteiger partial charge on any atom is -0.365 e. The van der Waals surface area contributed by atoms with Crippen LogP contribution < -0.4 is 5.32 Å². The molecule has 27 heavy (non-hydrogen) atoms. The number of piperidine rings is 1. The Bertz CT molecular complexity index is 640. The second-order valence-corrected chi connectivity index (χ2v) is 7.96. The number of nitrogens with one attached hydrogen (secondary N) is 2. The first-order valence-corrected chi connectivity index (χ1v) is 9.92. The number of likely N-dealkylation sites (tertiary alicyclic amines) is 1. The lowest BCUT2D eigenvalue weighted by Crippen LogP contribution is -2.52. The number of amides is 2. The quantitative estimate of drug-likeness (QED) is 0.688. The molecule has 1 aromatic rings. The third-order valence-corrected chi connectivity index (χ3v) is 5.74. The fourth-order valence-corrected chi connectivity index (χ4v) is 3.91. The predicted molar refractivity (Wildman–Crippen MR) is 96.9 cm³/mol. The maximum absolute atomic E-state index is 12.2. The summed E-state index contributed by atoms with van der Waals surface area (Å²) >= 11 is 0. The number of H-pyrrole nitrogens is 1. The molecule has 3 aliphatic rings. The van der Waals surface area contributed by atoms with Crippen molar-refractivity contribution in [2.24, 2.45) is 11.8 Å². The summed E-state index contributed by atoms with van der Waals surface area (Å²) in [6.07, 6.45) is 6.22. The van der Waals surface area contributed by atoms with Gasteiger partial charge in [-0.1, -0.05) is 0 Å². The van der Waals surface area contributed by atoms with Crippen LogP contribution in [0.15, 0.2) is 6.33 Å². The summed E-state index contributed by atoms with van der Waals surface area (Å²) in [5.74, 6) is 1.41. The van der Waals surface area contributed by atoms with E-state index >= 15 is 0 Å². The molecule has 4 rings (SSSR count). The fraction of sp³-hybridized carbons (Fsp3) is 0.778. The normalized spacial score (nSPS) is 25.0. The van der Waals surface area contributed by atoms with Gasteiger partial charge in [-0.2, -0.15) is 5.10 Å². The van der Waals surface area contributed by atoms with Gasteiger partial charge in [0, 0.05) is 26.2 Å². The predicted octanol–water partition coefficient (Wildman–Crippen LogP) is -0.116. The number of ether oxygens (including phenoxy) is 1. The van der Waals surface area contributed by atoms with Gasteiger partial charge in [-0.05, 0) is 50.6 Å². The van der Waals surface area contributed by atoms with Gasteiger partial charge in [0.05, 0.1) is 6.10 Å². The Kier molecular flexibility index (Phi) is 5.68. The van der Waals surface area contributed by atoms with Crippen molar-refractivity contribution in [2.75, 3.05) is 45.9 Å². The van der Waals surface area contributed by atoms with E-state index in [1.165, 1.54) is 25.7 Å². The van der Waals surface area contributed by atoms with Crippen molar-refractivity contribution in [1.82, 2.24) is 30.3 Å². The average molecular weight is 376 g/mol. The topological polar surface area (TPSA) is 103 Å². The van der Waals surface area contributed by atoms with E-state index in [0.29, 0.717) is 19.0 Å². The van der Waals surface area contributed by atoms with Crippen molar-refractivity contribution in [3.63, 3.8) is 0 Å². The van der Waals surface area contributed by atoms with Gasteiger partial charge in [-0.15, -0.1) is 0 Å². The molecule has 3 fully saturated rings. The van der Waals surface area contributed by atoms with Crippen molar-refractivity contribution < 1.29 is 14.3 Å². The van der Waals surface area contributed by atoms with Gasteiger partial charge >= 0.3 is 0 Å². The van der Waals surface area contributed by atoms with Crippen LogP contribution in [0.3, 0.4) is 0 Å². The molecule has 0 unspecified atom stereocenters. The van der Waals surface area contributed by atoms with Crippen LogP contribution in [0.25, 0.3) is 0 Å². The molecule has 0 aromatic carbocycles. The Balaban J connectivity index is 1.20. The van der Waals surface area contributed by atoms with Crippen molar-refractivity contribution in [2.45, 2.75) is 31.8 Å². The highest BCUT2D eigenvalue weighted by atomic mass is 16.5. The molecule has 2 N–H and O–H groups in total. The van der Waals surface area contributed by atoms with Crippen LogP contribution in [0.1, 0.15) is 36.3 Å². The molecular weight excluding hydrogens is 348 g/mol. The van der Waals surface area contributed by atoms with Gasteiger partial charge in [-0.25, -0.2) is 4.98 Å². The molecule has 1 aliphatic carbocycles.